The van der Waals surface area contributed by atoms with Gasteiger partial charge in [0.1, 0.15) is 5.69 Å². The number of nitrogens with zero attached hydrogens (tertiary/aromatic N) is 1. The highest BCUT2D eigenvalue weighted by Crippen LogP contribution is 2.33. The Bertz CT molecular complexity index is 1330. The summed E-state index contributed by atoms with van der Waals surface area (Å²) in [6.07, 6.45) is 0.0360. The van der Waals surface area contributed by atoms with Gasteiger partial charge >= 0.3 is 5.76 Å². The Hall–Kier alpha value is -3.85. The minimum atomic E-state index is -4.86. The van der Waals surface area contributed by atoms with E-state index >= 15 is 0 Å². The van der Waals surface area contributed by atoms with Gasteiger partial charge in [-0.1, -0.05) is 72.8 Å². The van der Waals surface area contributed by atoms with Gasteiger partial charge in [0.25, 0.3) is 0 Å². The Kier molecular flexibility index (Phi) is 6.83. The van der Waals surface area contributed by atoms with Gasteiger partial charge in [-0.25, -0.2) is 13.4 Å². The van der Waals surface area contributed by atoms with Crippen LogP contribution in [0.2, 0.25) is 0 Å². The molecule has 4 rings (SSSR count). The summed E-state index contributed by atoms with van der Waals surface area (Å²) in [7, 11) is -4.86. The van der Waals surface area contributed by atoms with E-state index in [2.05, 4.69) is 10.3 Å². The highest BCUT2D eigenvalue weighted by molar-refractivity contribution is 7.91. The number of hydrogen-bond acceptors (Lipinski definition) is 5. The molecule has 4 aromatic rings. The molecular weight excluding hydrogens is 462 g/mol. The number of aromatic nitrogens is 1. The van der Waals surface area contributed by atoms with Crippen molar-refractivity contribution < 1.29 is 26.4 Å². The van der Waals surface area contributed by atoms with Gasteiger partial charge in [0.05, 0.1) is 10.6 Å². The summed E-state index contributed by atoms with van der Waals surface area (Å²) < 4.78 is 55.7. The first-order valence-electron chi connectivity index (χ1n) is 10.4. The number of amides is 1. The van der Waals surface area contributed by atoms with Crippen LogP contribution in [0.25, 0.3) is 22.6 Å². The number of rotatable bonds is 8. The molecule has 1 N–H and O–H groups in total. The lowest BCUT2D eigenvalue weighted by Gasteiger charge is -2.10. The Morgan fingerprint density at radius 1 is 0.882 bits per heavy atom. The minimum absolute atomic E-state index is 0.0912. The first kappa shape index (κ1) is 23.3. The number of nitrogens with one attached hydrogen (secondary N) is 1. The molecule has 0 radical (unpaired) electrons. The lowest BCUT2D eigenvalue weighted by molar-refractivity contribution is -0.116. The zero-order chi connectivity index (χ0) is 24.1. The molecule has 0 unspecified atom stereocenters. The van der Waals surface area contributed by atoms with Crippen LogP contribution in [0.1, 0.15) is 12.3 Å². The molecule has 0 aliphatic carbocycles. The molecule has 1 heterocycles. The second-order valence-electron chi connectivity index (χ2n) is 7.37. The number of oxazole rings is 1. The predicted molar refractivity (Wildman–Crippen MR) is 124 cm³/mol. The SMILES string of the molecule is O=C(CCc1nc(-c2ccccc2)c(-c2ccccc2)o1)Nc1ccccc1S(=O)(=O)C(F)F. The van der Waals surface area contributed by atoms with Gasteiger partial charge in [-0.3, -0.25) is 4.79 Å². The monoisotopic (exact) mass is 482 g/mol. The number of sulfone groups is 1. The van der Waals surface area contributed by atoms with Crippen molar-refractivity contribution in [2.75, 3.05) is 5.32 Å². The van der Waals surface area contributed by atoms with Crippen molar-refractivity contribution in [1.29, 1.82) is 0 Å². The molecular formula is C25H20F2N2O4S. The summed E-state index contributed by atoms with van der Waals surface area (Å²) in [4.78, 5) is 16.4. The largest absolute Gasteiger partial charge is 0.440 e. The fraction of sp³-hybridized carbons (Fsp3) is 0.120. The van der Waals surface area contributed by atoms with E-state index in [0.29, 0.717) is 17.3 Å². The topological polar surface area (TPSA) is 89.3 Å². The molecule has 1 aromatic heterocycles. The first-order valence-corrected chi connectivity index (χ1v) is 11.9. The molecule has 0 aliphatic rings. The molecule has 9 heteroatoms. The molecule has 1 amide bonds. The molecule has 3 aromatic carbocycles. The lowest BCUT2D eigenvalue weighted by atomic mass is 10.1. The number of hydrogen-bond donors (Lipinski definition) is 1. The van der Waals surface area contributed by atoms with E-state index in [1.807, 2.05) is 60.7 Å². The van der Waals surface area contributed by atoms with Crippen LogP contribution in [0.15, 0.2) is 94.2 Å². The van der Waals surface area contributed by atoms with Crippen LogP contribution in [0, 0.1) is 0 Å². The smallest absolute Gasteiger partial charge is 0.341 e. The summed E-state index contributed by atoms with van der Waals surface area (Å²) in [6, 6.07) is 24.0. The van der Waals surface area contributed by atoms with Crippen molar-refractivity contribution in [3.05, 3.63) is 90.8 Å². The number of carbonyl (C=O) groups excluding carboxylic acids is 1. The molecule has 0 spiro atoms. The van der Waals surface area contributed by atoms with Crippen LogP contribution in [0.3, 0.4) is 0 Å². The highest BCUT2D eigenvalue weighted by atomic mass is 32.2. The van der Waals surface area contributed by atoms with Crippen molar-refractivity contribution in [3.8, 4) is 22.6 Å². The third-order valence-electron chi connectivity index (χ3n) is 5.02. The van der Waals surface area contributed by atoms with E-state index in [1.54, 1.807) is 0 Å². The number of para-hydroxylation sites is 1. The number of halogens is 2. The van der Waals surface area contributed by atoms with Crippen LogP contribution in [0.5, 0.6) is 0 Å². The van der Waals surface area contributed by atoms with E-state index in [-0.39, 0.29) is 18.5 Å². The Morgan fingerprint density at radius 3 is 2.12 bits per heavy atom. The first-order chi connectivity index (χ1) is 16.4. The number of anilines is 1. The standard InChI is InChI=1S/C25H20F2N2O4S/c26-25(27)34(31,32)20-14-8-7-13-19(20)28-21(30)15-16-22-29-23(17-9-3-1-4-10-17)24(33-22)18-11-5-2-6-12-18/h1-14,25H,15-16H2,(H,28,30). The summed E-state index contributed by atoms with van der Waals surface area (Å²) in [6.45, 7) is 0. The summed E-state index contributed by atoms with van der Waals surface area (Å²) in [5, 5.41) is 2.41. The molecule has 0 bridgehead atoms. The quantitative estimate of drug-likeness (QED) is 0.354. The van der Waals surface area contributed by atoms with E-state index < -0.39 is 26.4 Å². The van der Waals surface area contributed by atoms with Crippen LogP contribution < -0.4 is 5.32 Å². The van der Waals surface area contributed by atoms with Crippen molar-refractivity contribution in [2.45, 2.75) is 23.5 Å². The maximum absolute atomic E-state index is 13.0. The Labute approximate surface area is 195 Å². The van der Waals surface area contributed by atoms with E-state index in [4.69, 9.17) is 4.42 Å². The number of carbonyl (C=O) groups is 1. The fourth-order valence-corrected chi connectivity index (χ4v) is 4.28. The van der Waals surface area contributed by atoms with Gasteiger partial charge in [0.2, 0.25) is 15.7 Å². The average molecular weight is 483 g/mol. The molecule has 0 saturated carbocycles. The van der Waals surface area contributed by atoms with E-state index in [0.717, 1.165) is 17.2 Å². The zero-order valence-electron chi connectivity index (χ0n) is 17.8. The van der Waals surface area contributed by atoms with Gasteiger partial charge in [-0.15, -0.1) is 0 Å². The van der Waals surface area contributed by atoms with Gasteiger partial charge in [0, 0.05) is 24.0 Å². The van der Waals surface area contributed by atoms with E-state index in [1.165, 1.54) is 18.2 Å². The van der Waals surface area contributed by atoms with Crippen molar-refractivity contribution in [1.82, 2.24) is 4.98 Å². The predicted octanol–water partition coefficient (Wildman–Crippen LogP) is 5.58. The van der Waals surface area contributed by atoms with Gasteiger partial charge in [-0.2, -0.15) is 8.78 Å². The Balaban J connectivity index is 1.54. The maximum Gasteiger partial charge on any atom is 0.341 e. The molecule has 174 valence electrons. The summed E-state index contributed by atoms with van der Waals surface area (Å²) in [5.41, 5.74) is 2.12. The van der Waals surface area contributed by atoms with E-state index in [9.17, 15) is 22.0 Å². The number of aryl methyl sites for hydroxylation is 1. The third kappa shape index (κ3) is 5.04. The van der Waals surface area contributed by atoms with Crippen molar-refractivity contribution in [2.24, 2.45) is 0 Å². The summed E-state index contributed by atoms with van der Waals surface area (Å²) in [5.74, 6) is -3.26. The minimum Gasteiger partial charge on any atom is -0.440 e. The molecule has 0 atom stereocenters. The Morgan fingerprint density at radius 2 is 1.47 bits per heavy atom. The summed E-state index contributed by atoms with van der Waals surface area (Å²) >= 11 is 0. The number of alkyl halides is 2. The van der Waals surface area contributed by atoms with Crippen LogP contribution in [-0.2, 0) is 21.1 Å². The average Bonchev–Trinajstić information content (AvgIpc) is 3.28. The van der Waals surface area contributed by atoms with Crippen LogP contribution in [0.4, 0.5) is 14.5 Å². The third-order valence-corrected chi connectivity index (χ3v) is 6.46. The highest BCUT2D eigenvalue weighted by Gasteiger charge is 2.29. The molecule has 0 fully saturated rings. The van der Waals surface area contributed by atoms with Crippen LogP contribution >= 0.6 is 0 Å². The molecule has 6 nitrogen and oxygen atoms in total. The normalized spacial score (nSPS) is 11.5. The lowest BCUT2D eigenvalue weighted by Crippen LogP contribution is -2.18. The molecule has 0 aliphatic heterocycles. The second kappa shape index (κ2) is 9.96. The maximum atomic E-state index is 13.0. The van der Waals surface area contributed by atoms with Gasteiger partial charge in [-0.05, 0) is 12.1 Å². The second-order valence-corrected chi connectivity index (χ2v) is 9.25. The van der Waals surface area contributed by atoms with Crippen LogP contribution in [-0.4, -0.2) is 25.1 Å². The zero-order valence-corrected chi connectivity index (χ0v) is 18.6. The van der Waals surface area contributed by atoms with Gasteiger partial charge < -0.3 is 9.73 Å². The molecule has 0 saturated heterocycles. The van der Waals surface area contributed by atoms with Crippen molar-refractivity contribution >= 4 is 21.4 Å². The number of benzene rings is 3. The molecule has 34 heavy (non-hydrogen) atoms. The van der Waals surface area contributed by atoms with Gasteiger partial charge in [0.15, 0.2) is 11.7 Å². The van der Waals surface area contributed by atoms with Crippen molar-refractivity contribution in [3.63, 3.8) is 0 Å². The fourth-order valence-electron chi connectivity index (χ4n) is 3.40.